The van der Waals surface area contributed by atoms with Gasteiger partial charge < -0.3 is 4.74 Å². The third-order valence-corrected chi connectivity index (χ3v) is 1.68. The van der Waals surface area contributed by atoms with E-state index >= 15 is 0 Å². The van der Waals surface area contributed by atoms with Gasteiger partial charge in [-0.1, -0.05) is 21.4 Å². The number of carbonyl (C=O) groups is 1. The summed E-state index contributed by atoms with van der Waals surface area (Å²) in [6.07, 6.45) is 0. The SMILES string of the molecule is COc1ccccc1C(=O)P. The van der Waals surface area contributed by atoms with E-state index in [1.54, 1.807) is 25.3 Å². The van der Waals surface area contributed by atoms with Crippen LogP contribution in [0.3, 0.4) is 0 Å². The maximum Gasteiger partial charge on any atom is 0.181 e. The lowest BCUT2D eigenvalue weighted by Crippen LogP contribution is -1.93. The van der Waals surface area contributed by atoms with Crippen molar-refractivity contribution in [3.8, 4) is 5.75 Å². The van der Waals surface area contributed by atoms with Crippen molar-refractivity contribution < 1.29 is 9.53 Å². The Morgan fingerprint density at radius 2 is 2.09 bits per heavy atom. The first-order valence-electron chi connectivity index (χ1n) is 3.18. The van der Waals surface area contributed by atoms with Crippen molar-refractivity contribution >= 4 is 14.8 Å². The zero-order valence-corrected chi connectivity index (χ0v) is 7.36. The molecule has 0 fully saturated rings. The average Bonchev–Trinajstić information content (AvgIpc) is 2.04. The molecule has 0 aliphatic rings. The van der Waals surface area contributed by atoms with Crippen molar-refractivity contribution in [2.24, 2.45) is 0 Å². The molecule has 1 aromatic rings. The van der Waals surface area contributed by atoms with E-state index in [4.69, 9.17) is 4.74 Å². The molecule has 0 aliphatic carbocycles. The number of carbonyl (C=O) groups excluding carboxylic acids is 1. The molecule has 0 bridgehead atoms. The number of rotatable bonds is 2. The van der Waals surface area contributed by atoms with E-state index in [0.29, 0.717) is 11.3 Å². The molecule has 0 radical (unpaired) electrons. The summed E-state index contributed by atoms with van der Waals surface area (Å²) in [5.74, 6) is 0.618. The lowest BCUT2D eigenvalue weighted by atomic mass is 10.2. The molecule has 1 rings (SSSR count). The van der Waals surface area contributed by atoms with Gasteiger partial charge >= 0.3 is 0 Å². The first-order chi connectivity index (χ1) is 5.25. The monoisotopic (exact) mass is 168 g/mol. The molecule has 0 heterocycles. The third kappa shape index (κ3) is 1.78. The summed E-state index contributed by atoms with van der Waals surface area (Å²) in [5, 5.41) is 0. The third-order valence-electron chi connectivity index (χ3n) is 1.37. The highest BCUT2D eigenvalue weighted by Gasteiger charge is 2.04. The second-order valence-electron chi connectivity index (χ2n) is 2.06. The van der Waals surface area contributed by atoms with E-state index in [-0.39, 0.29) is 5.52 Å². The number of hydrogen-bond acceptors (Lipinski definition) is 2. The van der Waals surface area contributed by atoms with Gasteiger partial charge in [0.1, 0.15) is 5.75 Å². The van der Waals surface area contributed by atoms with E-state index in [1.165, 1.54) is 0 Å². The minimum absolute atomic E-state index is 0.0533. The zero-order valence-electron chi connectivity index (χ0n) is 6.20. The fraction of sp³-hybridized carbons (Fsp3) is 0.125. The first kappa shape index (κ1) is 8.22. The van der Waals surface area contributed by atoms with Gasteiger partial charge in [-0.15, -0.1) is 0 Å². The summed E-state index contributed by atoms with van der Waals surface area (Å²) in [5.41, 5.74) is 0.544. The molecule has 1 aromatic carbocycles. The molecule has 3 heteroatoms. The number of ether oxygens (including phenoxy) is 1. The van der Waals surface area contributed by atoms with Gasteiger partial charge in [-0.05, 0) is 12.1 Å². The van der Waals surface area contributed by atoms with Crippen LogP contribution in [-0.4, -0.2) is 12.6 Å². The molecule has 0 aromatic heterocycles. The molecule has 0 amide bonds. The molecule has 11 heavy (non-hydrogen) atoms. The van der Waals surface area contributed by atoms with Crippen LogP contribution < -0.4 is 4.74 Å². The minimum Gasteiger partial charge on any atom is -0.496 e. The van der Waals surface area contributed by atoms with Gasteiger partial charge in [-0.2, -0.15) is 0 Å². The number of para-hydroxylation sites is 1. The predicted octanol–water partition coefficient (Wildman–Crippen LogP) is 1.71. The molecular formula is C8H9O2P. The van der Waals surface area contributed by atoms with E-state index in [9.17, 15) is 4.79 Å². The largest absolute Gasteiger partial charge is 0.496 e. The predicted molar refractivity (Wildman–Crippen MR) is 47.0 cm³/mol. The molecule has 58 valence electrons. The summed E-state index contributed by atoms with van der Waals surface area (Å²) in [7, 11) is 3.66. The van der Waals surface area contributed by atoms with Gasteiger partial charge in [0.25, 0.3) is 0 Å². The van der Waals surface area contributed by atoms with Gasteiger partial charge in [0.2, 0.25) is 0 Å². The number of benzene rings is 1. The van der Waals surface area contributed by atoms with Crippen molar-refractivity contribution in [2.75, 3.05) is 7.11 Å². The first-order valence-corrected chi connectivity index (χ1v) is 3.76. The highest BCUT2D eigenvalue weighted by Crippen LogP contribution is 2.19. The van der Waals surface area contributed by atoms with Crippen molar-refractivity contribution in [3.63, 3.8) is 0 Å². The van der Waals surface area contributed by atoms with Crippen molar-refractivity contribution in [2.45, 2.75) is 0 Å². The van der Waals surface area contributed by atoms with Crippen LogP contribution in [0.1, 0.15) is 10.4 Å². The molecule has 0 saturated heterocycles. The molecule has 1 atom stereocenters. The molecular weight excluding hydrogens is 159 g/mol. The molecule has 0 saturated carbocycles. The Labute approximate surface area is 67.8 Å². The lowest BCUT2D eigenvalue weighted by molar-refractivity contribution is 0.108. The minimum atomic E-state index is -0.0533. The quantitative estimate of drug-likeness (QED) is 0.628. The van der Waals surface area contributed by atoms with Crippen LogP contribution in [0, 0.1) is 0 Å². The number of methoxy groups -OCH3 is 1. The standard InChI is InChI=1S/C8H9O2P/c1-10-7-5-3-2-4-6(7)8(9)11/h2-5H,11H2,1H3. The smallest absolute Gasteiger partial charge is 0.181 e. The lowest BCUT2D eigenvalue weighted by Gasteiger charge is -2.02. The Hall–Kier alpha value is -0.880. The molecule has 0 N–H and O–H groups in total. The van der Waals surface area contributed by atoms with Crippen LogP contribution in [0.4, 0.5) is 0 Å². The van der Waals surface area contributed by atoms with Crippen LogP contribution in [0.2, 0.25) is 0 Å². The summed E-state index contributed by atoms with van der Waals surface area (Å²) >= 11 is 0. The maximum absolute atomic E-state index is 10.9. The van der Waals surface area contributed by atoms with Crippen LogP contribution >= 0.6 is 9.24 Å². The summed E-state index contributed by atoms with van der Waals surface area (Å²) in [6, 6.07) is 7.13. The van der Waals surface area contributed by atoms with Gasteiger partial charge in [-0.3, -0.25) is 4.79 Å². The Kier molecular flexibility index (Phi) is 2.61. The van der Waals surface area contributed by atoms with Crippen LogP contribution in [0.5, 0.6) is 5.75 Å². The Balaban J connectivity index is 3.12. The molecule has 0 spiro atoms. The van der Waals surface area contributed by atoms with Gasteiger partial charge in [0.05, 0.1) is 12.7 Å². The van der Waals surface area contributed by atoms with Crippen molar-refractivity contribution in [1.82, 2.24) is 0 Å². The van der Waals surface area contributed by atoms with Gasteiger partial charge in [0, 0.05) is 0 Å². The Morgan fingerprint density at radius 3 is 2.55 bits per heavy atom. The Morgan fingerprint density at radius 1 is 1.45 bits per heavy atom. The van der Waals surface area contributed by atoms with E-state index in [2.05, 4.69) is 9.24 Å². The summed E-state index contributed by atoms with van der Waals surface area (Å²) in [6.45, 7) is 0. The normalized spacial score (nSPS) is 9.27. The topological polar surface area (TPSA) is 26.3 Å². The van der Waals surface area contributed by atoms with E-state index < -0.39 is 0 Å². The van der Waals surface area contributed by atoms with Crippen molar-refractivity contribution in [1.29, 1.82) is 0 Å². The van der Waals surface area contributed by atoms with Gasteiger partial charge in [0.15, 0.2) is 5.52 Å². The van der Waals surface area contributed by atoms with Crippen LogP contribution in [-0.2, 0) is 0 Å². The van der Waals surface area contributed by atoms with Crippen LogP contribution in [0.15, 0.2) is 24.3 Å². The maximum atomic E-state index is 10.9. The van der Waals surface area contributed by atoms with E-state index in [0.717, 1.165) is 0 Å². The second kappa shape index (κ2) is 3.49. The van der Waals surface area contributed by atoms with Crippen molar-refractivity contribution in [3.05, 3.63) is 29.8 Å². The average molecular weight is 168 g/mol. The molecule has 2 nitrogen and oxygen atoms in total. The number of hydrogen-bond donors (Lipinski definition) is 0. The van der Waals surface area contributed by atoms with E-state index in [1.807, 2.05) is 6.07 Å². The highest BCUT2D eigenvalue weighted by molar-refractivity contribution is 7.41. The fourth-order valence-corrected chi connectivity index (χ4v) is 1.09. The summed E-state index contributed by atoms with van der Waals surface area (Å²) in [4.78, 5) is 10.9. The van der Waals surface area contributed by atoms with Gasteiger partial charge in [-0.25, -0.2) is 0 Å². The zero-order chi connectivity index (χ0) is 8.27. The Bertz CT molecular complexity index is 271. The fourth-order valence-electron chi connectivity index (χ4n) is 0.848. The molecule has 0 aliphatic heterocycles. The molecule has 1 unspecified atom stereocenters. The second-order valence-corrected chi connectivity index (χ2v) is 2.59. The van der Waals surface area contributed by atoms with Crippen LogP contribution in [0.25, 0.3) is 0 Å². The summed E-state index contributed by atoms with van der Waals surface area (Å²) < 4.78 is 4.97. The highest BCUT2D eigenvalue weighted by atomic mass is 31.0.